The Balaban J connectivity index is 1.49. The minimum absolute atomic E-state index is 0.180. The van der Waals surface area contributed by atoms with Crippen LogP contribution in [0.15, 0.2) is 53.4 Å². The van der Waals surface area contributed by atoms with Crippen LogP contribution in [-0.2, 0) is 6.61 Å². The Bertz CT molecular complexity index is 969. The summed E-state index contributed by atoms with van der Waals surface area (Å²) in [7, 11) is 1.56. The third kappa shape index (κ3) is 4.51. The summed E-state index contributed by atoms with van der Waals surface area (Å²) in [5, 5.41) is 4.98. The van der Waals surface area contributed by atoms with Gasteiger partial charge in [-0.2, -0.15) is 0 Å². The van der Waals surface area contributed by atoms with Gasteiger partial charge in [-0.1, -0.05) is 12.1 Å². The average molecular weight is 410 g/mol. The Morgan fingerprint density at radius 1 is 1.17 bits per heavy atom. The number of methoxy groups -OCH3 is 1. The zero-order valence-corrected chi connectivity index (χ0v) is 17.1. The van der Waals surface area contributed by atoms with E-state index in [0.717, 1.165) is 30.2 Å². The molecule has 4 rings (SSSR count). The van der Waals surface area contributed by atoms with E-state index in [0.29, 0.717) is 23.7 Å². The molecule has 1 aliphatic heterocycles. The van der Waals surface area contributed by atoms with Gasteiger partial charge in [-0.05, 0) is 43.2 Å². The number of carbonyl (C=O) groups is 1. The van der Waals surface area contributed by atoms with Gasteiger partial charge in [0, 0.05) is 24.0 Å². The first-order valence-corrected chi connectivity index (χ1v) is 10.5. The number of benzene rings is 2. The van der Waals surface area contributed by atoms with E-state index in [2.05, 4.69) is 21.3 Å². The molecular weight excluding hydrogens is 386 g/mol. The Kier molecular flexibility index (Phi) is 5.95. The highest BCUT2D eigenvalue weighted by atomic mass is 32.1. The van der Waals surface area contributed by atoms with Crippen molar-refractivity contribution >= 4 is 28.6 Å². The van der Waals surface area contributed by atoms with Crippen LogP contribution in [0.3, 0.4) is 0 Å². The number of hydrogen-bond acceptors (Lipinski definition) is 6. The Hall–Kier alpha value is -3.06. The first kappa shape index (κ1) is 19.3. The maximum Gasteiger partial charge on any atom is 0.255 e. The van der Waals surface area contributed by atoms with Crippen molar-refractivity contribution in [2.45, 2.75) is 19.4 Å². The normalized spacial score (nSPS) is 13.3. The molecule has 3 aromatic rings. The summed E-state index contributed by atoms with van der Waals surface area (Å²) in [5.41, 5.74) is 5.02. The van der Waals surface area contributed by atoms with Crippen molar-refractivity contribution < 1.29 is 14.3 Å². The summed E-state index contributed by atoms with van der Waals surface area (Å²) in [6.45, 7) is 2.39. The number of nitrogens with one attached hydrogen (secondary N) is 1. The van der Waals surface area contributed by atoms with Crippen molar-refractivity contribution in [3.05, 3.63) is 64.6 Å². The summed E-state index contributed by atoms with van der Waals surface area (Å²) < 4.78 is 11.2. The van der Waals surface area contributed by atoms with Crippen molar-refractivity contribution in [1.82, 2.24) is 4.98 Å². The summed E-state index contributed by atoms with van der Waals surface area (Å²) >= 11 is 1.52. The number of rotatable bonds is 7. The summed E-state index contributed by atoms with van der Waals surface area (Å²) in [6.07, 6.45) is 2.36. The number of carbonyl (C=O) groups excluding carboxylic acids is 1. The molecule has 0 unspecified atom stereocenters. The molecule has 0 radical (unpaired) electrons. The first-order chi connectivity index (χ1) is 14.2. The van der Waals surface area contributed by atoms with Crippen LogP contribution in [0.1, 0.15) is 28.9 Å². The number of thiazole rings is 1. The van der Waals surface area contributed by atoms with Crippen molar-refractivity contribution in [2.24, 2.45) is 0 Å². The molecule has 0 spiro atoms. The van der Waals surface area contributed by atoms with Gasteiger partial charge < -0.3 is 19.7 Å². The average Bonchev–Trinajstić information content (AvgIpc) is 3.46. The van der Waals surface area contributed by atoms with Gasteiger partial charge in [0.15, 0.2) is 11.5 Å². The van der Waals surface area contributed by atoms with Gasteiger partial charge in [0.25, 0.3) is 5.91 Å². The Morgan fingerprint density at radius 2 is 2.00 bits per heavy atom. The lowest BCUT2D eigenvalue weighted by Crippen LogP contribution is -2.21. The van der Waals surface area contributed by atoms with E-state index in [9.17, 15) is 4.79 Å². The van der Waals surface area contributed by atoms with Crippen LogP contribution < -0.4 is 19.7 Å². The first-order valence-electron chi connectivity index (χ1n) is 9.58. The molecule has 150 valence electrons. The van der Waals surface area contributed by atoms with E-state index in [4.69, 9.17) is 9.47 Å². The predicted molar refractivity (Wildman–Crippen MR) is 115 cm³/mol. The number of anilines is 2. The highest BCUT2D eigenvalue weighted by Crippen LogP contribution is 2.31. The van der Waals surface area contributed by atoms with E-state index in [1.807, 2.05) is 23.6 Å². The fraction of sp³-hybridized carbons (Fsp3) is 0.273. The van der Waals surface area contributed by atoms with Crippen LogP contribution in [0, 0.1) is 0 Å². The quantitative estimate of drug-likeness (QED) is 0.619. The van der Waals surface area contributed by atoms with Crippen LogP contribution in [-0.4, -0.2) is 31.1 Å². The molecule has 0 aliphatic carbocycles. The van der Waals surface area contributed by atoms with Crippen molar-refractivity contribution in [1.29, 1.82) is 0 Å². The maximum absolute atomic E-state index is 12.9. The van der Waals surface area contributed by atoms with Crippen LogP contribution in [0.5, 0.6) is 11.5 Å². The van der Waals surface area contributed by atoms with Crippen LogP contribution in [0.25, 0.3) is 0 Å². The lowest BCUT2D eigenvalue weighted by Gasteiger charge is -2.21. The largest absolute Gasteiger partial charge is 0.493 e. The Morgan fingerprint density at radius 3 is 2.76 bits per heavy atom. The number of aromatic nitrogens is 1. The Labute approximate surface area is 174 Å². The lowest BCUT2D eigenvalue weighted by molar-refractivity contribution is 0.102. The van der Waals surface area contributed by atoms with Gasteiger partial charge in [-0.3, -0.25) is 4.79 Å². The van der Waals surface area contributed by atoms with E-state index in [1.54, 1.807) is 30.8 Å². The predicted octanol–water partition coefficient (Wildman–Crippen LogP) is 4.58. The van der Waals surface area contributed by atoms with Gasteiger partial charge in [0.2, 0.25) is 0 Å². The molecular formula is C22H23N3O3S. The zero-order valence-electron chi connectivity index (χ0n) is 16.3. The molecule has 0 bridgehead atoms. The number of hydrogen-bond donors (Lipinski definition) is 1. The second kappa shape index (κ2) is 8.96. The van der Waals surface area contributed by atoms with Gasteiger partial charge in [-0.15, -0.1) is 11.3 Å². The van der Waals surface area contributed by atoms with E-state index in [1.165, 1.54) is 24.2 Å². The minimum Gasteiger partial charge on any atom is -0.493 e. The smallest absolute Gasteiger partial charge is 0.255 e. The molecule has 2 aromatic carbocycles. The second-order valence-electron chi connectivity index (χ2n) is 6.80. The van der Waals surface area contributed by atoms with Crippen molar-refractivity contribution in [3.8, 4) is 11.5 Å². The number of nitrogens with zero attached hydrogens (tertiary/aromatic N) is 2. The van der Waals surface area contributed by atoms with Gasteiger partial charge in [-0.25, -0.2) is 4.98 Å². The third-order valence-corrected chi connectivity index (χ3v) is 5.52. The van der Waals surface area contributed by atoms with Crippen molar-refractivity contribution in [2.75, 3.05) is 30.4 Å². The maximum atomic E-state index is 12.9. The van der Waals surface area contributed by atoms with Gasteiger partial charge in [0.05, 0.1) is 29.7 Å². The molecule has 1 aromatic heterocycles. The number of ether oxygens (including phenoxy) is 2. The minimum atomic E-state index is -0.180. The standard InChI is InChI=1S/C22H23N3O3S/c1-27-21-12-16(8-9-20(21)28-13-17-14-29-15-23-17)22(26)24-18-6-2-3-7-19(18)25-10-4-5-11-25/h2-3,6-9,12,14-15H,4-5,10-11,13H2,1H3,(H,24,26). The molecule has 1 aliphatic rings. The molecule has 0 atom stereocenters. The second-order valence-corrected chi connectivity index (χ2v) is 7.52. The van der Waals surface area contributed by atoms with E-state index < -0.39 is 0 Å². The molecule has 1 saturated heterocycles. The molecule has 1 N–H and O–H groups in total. The fourth-order valence-electron chi connectivity index (χ4n) is 3.40. The molecule has 0 saturated carbocycles. The lowest BCUT2D eigenvalue weighted by atomic mass is 10.1. The number of para-hydroxylation sites is 2. The van der Waals surface area contributed by atoms with Crippen LogP contribution in [0.4, 0.5) is 11.4 Å². The molecule has 29 heavy (non-hydrogen) atoms. The van der Waals surface area contributed by atoms with Gasteiger partial charge >= 0.3 is 0 Å². The monoisotopic (exact) mass is 409 g/mol. The molecule has 2 heterocycles. The summed E-state index contributed by atoms with van der Waals surface area (Å²) in [4.78, 5) is 19.4. The fourth-order valence-corrected chi connectivity index (χ4v) is 3.94. The topological polar surface area (TPSA) is 63.7 Å². The van der Waals surface area contributed by atoms with Crippen molar-refractivity contribution in [3.63, 3.8) is 0 Å². The van der Waals surface area contributed by atoms with E-state index >= 15 is 0 Å². The molecule has 7 heteroatoms. The summed E-state index contributed by atoms with van der Waals surface area (Å²) in [5.74, 6) is 0.913. The highest BCUT2D eigenvalue weighted by molar-refractivity contribution is 7.07. The molecule has 6 nitrogen and oxygen atoms in total. The SMILES string of the molecule is COc1cc(C(=O)Nc2ccccc2N2CCCC2)ccc1OCc1cscn1. The van der Waals surface area contributed by atoms with Crippen LogP contribution >= 0.6 is 11.3 Å². The van der Waals surface area contributed by atoms with Crippen LogP contribution in [0.2, 0.25) is 0 Å². The van der Waals surface area contributed by atoms with Gasteiger partial charge in [0.1, 0.15) is 6.61 Å². The molecule has 1 amide bonds. The summed E-state index contributed by atoms with van der Waals surface area (Å²) in [6, 6.07) is 13.1. The van der Waals surface area contributed by atoms with E-state index in [-0.39, 0.29) is 5.91 Å². The zero-order chi connectivity index (χ0) is 20.1. The highest BCUT2D eigenvalue weighted by Gasteiger charge is 2.18. The number of amides is 1. The molecule has 1 fully saturated rings. The third-order valence-electron chi connectivity index (χ3n) is 4.88.